The Morgan fingerprint density at radius 1 is 1.50 bits per heavy atom. The Bertz CT molecular complexity index is 326. The van der Waals surface area contributed by atoms with E-state index in [9.17, 15) is 9.59 Å². The molecular weight excluding hydrogens is 158 g/mol. The van der Waals surface area contributed by atoms with Crippen LogP contribution in [0.1, 0.15) is 20.3 Å². The van der Waals surface area contributed by atoms with Gasteiger partial charge in [-0.2, -0.15) is 5.10 Å². The van der Waals surface area contributed by atoms with Gasteiger partial charge < -0.3 is 0 Å². The highest BCUT2D eigenvalue weighted by Gasteiger charge is 1.87. The number of aryl methyl sites for hydroxylation is 1. The lowest BCUT2D eigenvalue weighted by atomic mass is 10.6. The zero-order valence-electron chi connectivity index (χ0n) is 7.50. The van der Waals surface area contributed by atoms with E-state index in [1.54, 1.807) is 0 Å². The van der Waals surface area contributed by atoms with Gasteiger partial charge in [-0.1, -0.05) is 20.3 Å². The van der Waals surface area contributed by atoms with Crippen molar-refractivity contribution < 1.29 is 0 Å². The number of nitrogens with zero attached hydrogens (tertiary/aromatic N) is 2. The van der Waals surface area contributed by atoms with E-state index in [4.69, 9.17) is 0 Å². The van der Waals surface area contributed by atoms with Crippen LogP contribution >= 0.6 is 0 Å². The van der Waals surface area contributed by atoms with E-state index in [0.29, 0.717) is 0 Å². The first-order chi connectivity index (χ1) is 5.61. The molecule has 12 heavy (non-hydrogen) atoms. The lowest BCUT2D eigenvalue weighted by Crippen LogP contribution is -2.29. The van der Waals surface area contributed by atoms with Crippen molar-refractivity contribution in [2.24, 2.45) is 7.05 Å². The number of rotatable bonds is 0. The van der Waals surface area contributed by atoms with Gasteiger partial charge in [0.15, 0.2) is 0 Å². The lowest BCUT2D eigenvalue weighted by molar-refractivity contribution is 0.665. The van der Waals surface area contributed by atoms with E-state index in [1.807, 2.05) is 4.98 Å². The minimum Gasteiger partial charge on any atom is -0.271 e. The number of hydrogen-bond donors (Lipinski definition) is 1. The highest BCUT2D eigenvalue weighted by Crippen LogP contribution is 1.56. The molecule has 1 rings (SSSR count). The summed E-state index contributed by atoms with van der Waals surface area (Å²) in [6.45, 7) is 4.25. The predicted molar refractivity (Wildman–Crippen MR) is 46.1 cm³/mol. The third kappa shape index (κ3) is 3.70. The Morgan fingerprint density at radius 3 is 2.33 bits per heavy atom. The van der Waals surface area contributed by atoms with Crippen molar-refractivity contribution in [1.82, 2.24) is 14.8 Å². The fraction of sp³-hybridized carbons (Fsp3) is 0.571. The van der Waals surface area contributed by atoms with Crippen LogP contribution in [0.2, 0.25) is 0 Å². The standard InChI is InChI=1S/C4H5N3O2.C3H8/c1-7-4(9)6-3(8)2-5-7;1-3-2/h2H,1H3,(H,6,8,9);3H2,1-2H3. The van der Waals surface area contributed by atoms with Crippen LogP contribution in [-0.4, -0.2) is 14.8 Å². The summed E-state index contributed by atoms with van der Waals surface area (Å²) in [5.74, 6) is 0. The van der Waals surface area contributed by atoms with E-state index >= 15 is 0 Å². The maximum atomic E-state index is 10.5. The Morgan fingerprint density at radius 2 is 2.00 bits per heavy atom. The first kappa shape index (κ1) is 10.6. The first-order valence-electron chi connectivity index (χ1n) is 3.74. The highest BCUT2D eigenvalue weighted by atomic mass is 16.2. The summed E-state index contributed by atoms with van der Waals surface area (Å²) < 4.78 is 1.04. The largest absolute Gasteiger partial charge is 0.344 e. The Balaban J connectivity index is 0.000000354. The zero-order chi connectivity index (χ0) is 9.56. The number of nitrogens with one attached hydrogen (secondary N) is 1. The molecule has 5 nitrogen and oxygen atoms in total. The molecule has 0 aliphatic carbocycles. The van der Waals surface area contributed by atoms with Crippen molar-refractivity contribution in [2.75, 3.05) is 0 Å². The molecule has 0 fully saturated rings. The van der Waals surface area contributed by atoms with Gasteiger partial charge in [-0.15, -0.1) is 0 Å². The molecule has 0 aromatic carbocycles. The predicted octanol–water partition coefficient (Wildman–Crippen LogP) is -0.115. The monoisotopic (exact) mass is 171 g/mol. The molecule has 0 radical (unpaired) electrons. The molecule has 0 bridgehead atoms. The second-order valence-electron chi connectivity index (χ2n) is 2.27. The smallest absolute Gasteiger partial charge is 0.271 e. The van der Waals surface area contributed by atoms with Crippen LogP contribution in [0.4, 0.5) is 0 Å². The normalized spacial score (nSPS) is 8.58. The summed E-state index contributed by atoms with van der Waals surface area (Å²) in [6.07, 6.45) is 2.29. The Kier molecular flexibility index (Phi) is 4.67. The van der Waals surface area contributed by atoms with Crippen LogP contribution in [0.25, 0.3) is 0 Å². The van der Waals surface area contributed by atoms with Gasteiger partial charge in [-0.3, -0.25) is 9.78 Å². The summed E-state index contributed by atoms with van der Waals surface area (Å²) in [5.41, 5.74) is -0.972. The SMILES string of the molecule is CCC.Cn1ncc(=O)[nH]c1=O. The van der Waals surface area contributed by atoms with E-state index < -0.39 is 11.2 Å². The molecule has 0 aliphatic heterocycles. The van der Waals surface area contributed by atoms with Gasteiger partial charge in [0.25, 0.3) is 5.56 Å². The minimum absolute atomic E-state index is 0.474. The fourth-order valence-electron chi connectivity index (χ4n) is 0.410. The van der Waals surface area contributed by atoms with Gasteiger partial charge in [-0.25, -0.2) is 9.48 Å². The van der Waals surface area contributed by atoms with Crippen molar-refractivity contribution in [3.8, 4) is 0 Å². The summed E-state index contributed by atoms with van der Waals surface area (Å²) in [5, 5.41) is 3.44. The van der Waals surface area contributed by atoms with E-state index in [0.717, 1.165) is 10.9 Å². The van der Waals surface area contributed by atoms with Gasteiger partial charge in [0.05, 0.1) is 0 Å². The summed E-state index contributed by atoms with van der Waals surface area (Å²) in [7, 11) is 1.46. The number of H-pyrrole nitrogens is 1. The topological polar surface area (TPSA) is 67.8 Å². The van der Waals surface area contributed by atoms with Crippen molar-refractivity contribution in [3.05, 3.63) is 27.0 Å². The van der Waals surface area contributed by atoms with Crippen LogP contribution in [0.5, 0.6) is 0 Å². The van der Waals surface area contributed by atoms with Crippen LogP contribution in [0, 0.1) is 0 Å². The van der Waals surface area contributed by atoms with E-state index in [2.05, 4.69) is 18.9 Å². The third-order valence-corrected chi connectivity index (χ3v) is 0.872. The Labute approximate surface area is 70.1 Å². The van der Waals surface area contributed by atoms with Crippen LogP contribution in [0.3, 0.4) is 0 Å². The third-order valence-electron chi connectivity index (χ3n) is 0.872. The van der Waals surface area contributed by atoms with Gasteiger partial charge in [0, 0.05) is 7.05 Å². The maximum absolute atomic E-state index is 10.5. The van der Waals surface area contributed by atoms with Gasteiger partial charge >= 0.3 is 5.69 Å². The van der Waals surface area contributed by atoms with Crippen molar-refractivity contribution in [1.29, 1.82) is 0 Å². The average Bonchev–Trinajstić information content (AvgIpc) is 1.99. The van der Waals surface area contributed by atoms with Gasteiger partial charge in [-0.05, 0) is 0 Å². The molecule has 5 heteroatoms. The molecule has 0 atom stereocenters. The quantitative estimate of drug-likeness (QED) is 0.592. The molecule has 0 spiro atoms. The van der Waals surface area contributed by atoms with Gasteiger partial charge in [0.1, 0.15) is 6.20 Å². The first-order valence-corrected chi connectivity index (χ1v) is 3.74. The summed E-state index contributed by atoms with van der Waals surface area (Å²) >= 11 is 0. The molecule has 0 saturated heterocycles. The number of hydrogen-bond acceptors (Lipinski definition) is 3. The molecule has 1 N–H and O–H groups in total. The maximum Gasteiger partial charge on any atom is 0.344 e. The van der Waals surface area contributed by atoms with Gasteiger partial charge in [0.2, 0.25) is 0 Å². The van der Waals surface area contributed by atoms with Crippen LogP contribution in [-0.2, 0) is 7.05 Å². The highest BCUT2D eigenvalue weighted by molar-refractivity contribution is 4.67. The molecule has 0 saturated carbocycles. The minimum atomic E-state index is -0.498. The second-order valence-corrected chi connectivity index (χ2v) is 2.27. The molecule has 0 unspecified atom stereocenters. The van der Waals surface area contributed by atoms with Crippen molar-refractivity contribution in [2.45, 2.75) is 20.3 Å². The van der Waals surface area contributed by atoms with Crippen LogP contribution < -0.4 is 11.2 Å². The molecule has 1 aromatic heterocycles. The fourth-order valence-corrected chi connectivity index (χ4v) is 0.410. The van der Waals surface area contributed by atoms with Crippen molar-refractivity contribution >= 4 is 0 Å². The van der Waals surface area contributed by atoms with E-state index in [1.165, 1.54) is 13.5 Å². The Hall–Kier alpha value is -1.39. The molecule has 1 heterocycles. The van der Waals surface area contributed by atoms with Crippen LogP contribution in [0.15, 0.2) is 15.8 Å². The second kappa shape index (κ2) is 5.29. The lowest BCUT2D eigenvalue weighted by Gasteiger charge is -1.88. The molecule has 1 aromatic rings. The molecule has 0 aliphatic rings. The molecule has 68 valence electrons. The molecular formula is C7H13N3O2. The van der Waals surface area contributed by atoms with Crippen molar-refractivity contribution in [3.63, 3.8) is 0 Å². The van der Waals surface area contributed by atoms with E-state index in [-0.39, 0.29) is 0 Å². The number of aromatic nitrogens is 3. The summed E-state index contributed by atoms with van der Waals surface area (Å²) in [6, 6.07) is 0. The average molecular weight is 171 g/mol. The zero-order valence-corrected chi connectivity index (χ0v) is 7.50. The molecule has 0 amide bonds. The number of aromatic amines is 1. The summed E-state index contributed by atoms with van der Waals surface area (Å²) in [4.78, 5) is 22.8.